The Morgan fingerprint density at radius 2 is 2.09 bits per heavy atom. The van der Waals surface area contributed by atoms with E-state index in [0.29, 0.717) is 21.4 Å². The molecule has 22 heavy (non-hydrogen) atoms. The maximum atomic E-state index is 13.0. The zero-order valence-corrected chi connectivity index (χ0v) is 13.5. The van der Waals surface area contributed by atoms with E-state index in [2.05, 4.69) is 21.2 Å². The number of alkyl halides is 2. The number of dihydropyridines is 1. The van der Waals surface area contributed by atoms with Gasteiger partial charge in [-0.1, -0.05) is 15.9 Å². The third kappa shape index (κ3) is 3.30. The zero-order valence-electron chi connectivity index (χ0n) is 11.9. The van der Waals surface area contributed by atoms with Crippen LogP contribution in [0.5, 0.6) is 0 Å². The smallest absolute Gasteiger partial charge is 0.338 e. The first-order chi connectivity index (χ1) is 10.5. The molecular weight excluding hydrogens is 360 g/mol. The minimum absolute atomic E-state index is 0.273. The van der Waals surface area contributed by atoms with Crippen LogP contribution in [0.4, 0.5) is 8.78 Å². The quantitative estimate of drug-likeness (QED) is 0.822. The van der Waals surface area contributed by atoms with E-state index in [0.717, 1.165) is 0 Å². The van der Waals surface area contributed by atoms with E-state index in [9.17, 15) is 13.6 Å². The lowest BCUT2D eigenvalue weighted by Crippen LogP contribution is -2.33. The standard InChI is InChI=1S/C15H14BrF2NO3/c1-21-13-7-19-12(14(17)18)6-11(13)10-5-8(16)3-4-9(10)15(20)22-2/h3-7,12,14,19H,1-2H3. The highest BCUT2D eigenvalue weighted by molar-refractivity contribution is 9.10. The summed E-state index contributed by atoms with van der Waals surface area (Å²) >= 11 is 3.32. The molecule has 0 bridgehead atoms. The van der Waals surface area contributed by atoms with Crippen LogP contribution in [0, 0.1) is 0 Å². The Balaban J connectivity index is 2.58. The Morgan fingerprint density at radius 3 is 2.68 bits per heavy atom. The van der Waals surface area contributed by atoms with Crippen molar-refractivity contribution < 1.29 is 23.0 Å². The van der Waals surface area contributed by atoms with E-state index < -0.39 is 18.4 Å². The summed E-state index contributed by atoms with van der Waals surface area (Å²) in [5.41, 5.74) is 1.14. The highest BCUT2D eigenvalue weighted by atomic mass is 79.9. The molecule has 1 unspecified atom stereocenters. The summed E-state index contributed by atoms with van der Waals surface area (Å²) in [4.78, 5) is 11.9. The lowest BCUT2D eigenvalue weighted by atomic mass is 9.95. The second-order valence-corrected chi connectivity index (χ2v) is 5.42. The molecule has 1 N–H and O–H groups in total. The minimum atomic E-state index is -2.58. The normalized spacial score (nSPS) is 17.5. The average molecular weight is 374 g/mol. The molecule has 0 radical (unpaired) electrons. The Bertz CT molecular complexity index is 644. The molecule has 0 spiro atoms. The third-order valence-corrected chi connectivity index (χ3v) is 3.68. The van der Waals surface area contributed by atoms with Crippen molar-refractivity contribution in [2.45, 2.75) is 12.5 Å². The van der Waals surface area contributed by atoms with Gasteiger partial charge in [-0.25, -0.2) is 13.6 Å². The van der Waals surface area contributed by atoms with Gasteiger partial charge in [0.1, 0.15) is 11.8 Å². The number of nitrogens with one attached hydrogen (secondary N) is 1. The molecule has 1 aliphatic heterocycles. The van der Waals surface area contributed by atoms with Gasteiger partial charge in [-0.3, -0.25) is 0 Å². The SMILES string of the molecule is COC(=O)c1ccc(Br)cc1C1=CC(C(F)F)NC=C1OC. The van der Waals surface area contributed by atoms with Crippen molar-refractivity contribution in [1.82, 2.24) is 5.32 Å². The largest absolute Gasteiger partial charge is 0.495 e. The first-order valence-electron chi connectivity index (χ1n) is 6.36. The number of carbonyl (C=O) groups is 1. The molecule has 1 aromatic carbocycles. The van der Waals surface area contributed by atoms with Crippen LogP contribution in [0.2, 0.25) is 0 Å². The topological polar surface area (TPSA) is 47.6 Å². The summed E-state index contributed by atoms with van der Waals surface area (Å²) in [5.74, 6) is -0.189. The highest BCUT2D eigenvalue weighted by Crippen LogP contribution is 2.32. The summed E-state index contributed by atoms with van der Waals surface area (Å²) in [6.45, 7) is 0. The fourth-order valence-electron chi connectivity index (χ4n) is 2.12. The fourth-order valence-corrected chi connectivity index (χ4v) is 2.48. The van der Waals surface area contributed by atoms with E-state index in [1.807, 2.05) is 0 Å². The molecule has 0 saturated carbocycles. The molecule has 0 aliphatic carbocycles. The molecule has 0 aromatic heterocycles. The molecular formula is C15H14BrF2NO3. The number of ether oxygens (including phenoxy) is 2. The fraction of sp³-hybridized carbons (Fsp3) is 0.267. The molecule has 0 amide bonds. The van der Waals surface area contributed by atoms with Crippen molar-refractivity contribution in [2.24, 2.45) is 0 Å². The monoisotopic (exact) mass is 373 g/mol. The predicted molar refractivity (Wildman–Crippen MR) is 81.5 cm³/mol. The Hall–Kier alpha value is -1.89. The van der Waals surface area contributed by atoms with Crippen LogP contribution in [0.1, 0.15) is 15.9 Å². The van der Waals surface area contributed by atoms with Crippen molar-refractivity contribution in [3.63, 3.8) is 0 Å². The van der Waals surface area contributed by atoms with Crippen molar-refractivity contribution in [3.8, 4) is 0 Å². The molecule has 7 heteroatoms. The van der Waals surface area contributed by atoms with Gasteiger partial charge in [-0.05, 0) is 24.3 Å². The molecule has 1 atom stereocenters. The van der Waals surface area contributed by atoms with Gasteiger partial charge in [0, 0.05) is 21.8 Å². The lowest BCUT2D eigenvalue weighted by molar-refractivity contribution is 0.0600. The summed E-state index contributed by atoms with van der Waals surface area (Å²) < 4.78 is 36.6. The summed E-state index contributed by atoms with van der Waals surface area (Å²) in [7, 11) is 2.69. The number of allylic oxidation sites excluding steroid dienone is 1. The zero-order chi connectivity index (χ0) is 16.3. The van der Waals surface area contributed by atoms with E-state index in [1.54, 1.807) is 18.2 Å². The maximum Gasteiger partial charge on any atom is 0.338 e. The number of hydrogen-bond donors (Lipinski definition) is 1. The minimum Gasteiger partial charge on any atom is -0.495 e. The van der Waals surface area contributed by atoms with Gasteiger partial charge in [0.15, 0.2) is 0 Å². The van der Waals surface area contributed by atoms with Crippen LogP contribution in [-0.2, 0) is 9.47 Å². The second-order valence-electron chi connectivity index (χ2n) is 4.50. The van der Waals surface area contributed by atoms with Gasteiger partial charge in [0.05, 0.1) is 19.8 Å². The average Bonchev–Trinajstić information content (AvgIpc) is 2.53. The van der Waals surface area contributed by atoms with Crippen LogP contribution in [0.3, 0.4) is 0 Å². The molecule has 1 heterocycles. The van der Waals surface area contributed by atoms with Gasteiger partial charge in [-0.2, -0.15) is 0 Å². The maximum absolute atomic E-state index is 13.0. The highest BCUT2D eigenvalue weighted by Gasteiger charge is 2.26. The van der Waals surface area contributed by atoms with Gasteiger partial charge in [0.25, 0.3) is 6.43 Å². The number of carbonyl (C=O) groups excluding carboxylic acids is 1. The number of esters is 1. The lowest BCUT2D eigenvalue weighted by Gasteiger charge is -2.23. The molecule has 4 nitrogen and oxygen atoms in total. The summed E-state index contributed by atoms with van der Waals surface area (Å²) in [6, 6.07) is 3.76. The molecule has 2 rings (SSSR count). The van der Waals surface area contributed by atoms with E-state index >= 15 is 0 Å². The third-order valence-electron chi connectivity index (χ3n) is 3.19. The number of rotatable bonds is 4. The first kappa shape index (κ1) is 16.5. The van der Waals surface area contributed by atoms with Crippen molar-refractivity contribution in [1.29, 1.82) is 0 Å². The van der Waals surface area contributed by atoms with Crippen molar-refractivity contribution in [3.05, 3.63) is 51.8 Å². The number of methoxy groups -OCH3 is 2. The molecule has 1 aromatic rings. The van der Waals surface area contributed by atoms with Gasteiger partial charge < -0.3 is 14.8 Å². The second kappa shape index (κ2) is 6.91. The molecule has 118 valence electrons. The Morgan fingerprint density at radius 1 is 1.36 bits per heavy atom. The van der Waals surface area contributed by atoms with Crippen molar-refractivity contribution >= 4 is 27.5 Å². The Labute approximate surface area is 134 Å². The van der Waals surface area contributed by atoms with E-state index in [4.69, 9.17) is 9.47 Å². The summed E-state index contributed by atoms with van der Waals surface area (Å²) in [5, 5.41) is 2.56. The van der Waals surface area contributed by atoms with Crippen LogP contribution >= 0.6 is 15.9 Å². The van der Waals surface area contributed by atoms with Crippen LogP contribution in [0.15, 0.2) is 40.7 Å². The molecule has 0 saturated heterocycles. The molecule has 1 aliphatic rings. The molecule has 0 fully saturated rings. The van der Waals surface area contributed by atoms with E-state index in [1.165, 1.54) is 26.5 Å². The van der Waals surface area contributed by atoms with E-state index in [-0.39, 0.29) is 5.56 Å². The predicted octanol–water partition coefficient (Wildman–Crippen LogP) is 3.34. The number of hydrogen-bond acceptors (Lipinski definition) is 4. The van der Waals surface area contributed by atoms with Crippen LogP contribution in [-0.4, -0.2) is 32.7 Å². The Kier molecular flexibility index (Phi) is 5.18. The first-order valence-corrected chi connectivity index (χ1v) is 7.16. The van der Waals surface area contributed by atoms with Crippen LogP contribution < -0.4 is 5.32 Å². The number of halogens is 3. The van der Waals surface area contributed by atoms with Crippen LogP contribution in [0.25, 0.3) is 5.57 Å². The summed E-state index contributed by atoms with van der Waals surface area (Å²) in [6.07, 6.45) is 0.129. The van der Waals surface area contributed by atoms with Gasteiger partial charge >= 0.3 is 5.97 Å². The van der Waals surface area contributed by atoms with Crippen molar-refractivity contribution in [2.75, 3.05) is 14.2 Å². The van der Waals surface area contributed by atoms with Gasteiger partial charge in [0.2, 0.25) is 0 Å². The van der Waals surface area contributed by atoms with Gasteiger partial charge in [-0.15, -0.1) is 0 Å². The number of benzene rings is 1.